The molecule has 4 nitrogen and oxygen atoms in total. The molecule has 0 unspecified atom stereocenters. The van der Waals surface area contributed by atoms with Crippen molar-refractivity contribution in [3.05, 3.63) is 66.0 Å². The zero-order valence-electron chi connectivity index (χ0n) is 14.8. The molecule has 2 aliphatic rings. The first kappa shape index (κ1) is 19.4. The summed E-state index contributed by atoms with van der Waals surface area (Å²) in [5.74, 6) is -2.26. The maximum absolute atomic E-state index is 15.1. The molecule has 0 aromatic heterocycles. The second-order valence-corrected chi connectivity index (χ2v) is 6.97. The summed E-state index contributed by atoms with van der Waals surface area (Å²) in [6.45, 7) is 2.19. The molecular weight excluding hydrogens is 604 g/mol. The predicted octanol–water partition coefficient (Wildman–Crippen LogP) is 2.72. The van der Waals surface area contributed by atoms with E-state index < -0.39 is 23.0 Å². The van der Waals surface area contributed by atoms with Gasteiger partial charge in [0.05, 0.1) is 12.1 Å². The molecule has 1 spiro atoms. The first-order valence-corrected chi connectivity index (χ1v) is 8.67. The fourth-order valence-electron chi connectivity index (χ4n) is 3.80. The zero-order valence-corrected chi connectivity index (χ0v) is 17.7. The Kier molecular flexibility index (Phi) is 5.07. The van der Waals surface area contributed by atoms with Gasteiger partial charge in [0.1, 0.15) is 24.1 Å². The fourth-order valence-corrected chi connectivity index (χ4v) is 3.80. The number of carbonyl (C=O) groups excluding carboxylic acids is 1. The standard InChI is InChI=1S/C20H18F3N2O2.Cm/c21-14-6-13(7-15(22)9-14)16-3-1-2-12(19(16)23)8-17-20(4-5-24-17)11-27-10-18(26)25-20;/h1-3,5-7,9,17,24H,4,8,10-11H2,(H,25,26);/q-1;/t17-,20+;/m0./s1. The molecule has 2 aliphatic heterocycles. The maximum Gasteiger partial charge on any atom is 0.246 e. The van der Waals surface area contributed by atoms with Gasteiger partial charge in [0, 0.05) is 17.7 Å². The van der Waals surface area contributed by atoms with E-state index in [1.807, 2.05) is 6.54 Å². The van der Waals surface area contributed by atoms with E-state index in [2.05, 4.69) is 10.6 Å². The average molecular weight is 622 g/mol. The van der Waals surface area contributed by atoms with Gasteiger partial charge in [-0.15, -0.1) is 6.42 Å². The Morgan fingerprint density at radius 1 is 1.18 bits per heavy atom. The topological polar surface area (TPSA) is 50.4 Å². The molecule has 2 atom stereocenters. The maximum atomic E-state index is 15.1. The largest absolute Gasteiger partial charge is 0.465 e. The molecule has 0 saturated carbocycles. The van der Waals surface area contributed by atoms with E-state index in [9.17, 15) is 13.6 Å². The summed E-state index contributed by atoms with van der Waals surface area (Å²) in [4.78, 5) is 11.8. The third-order valence-corrected chi connectivity index (χ3v) is 5.11. The second-order valence-electron chi connectivity index (χ2n) is 6.97. The van der Waals surface area contributed by atoms with Crippen molar-refractivity contribution in [1.82, 2.24) is 10.6 Å². The molecule has 0 radical (unpaired) electrons. The van der Waals surface area contributed by atoms with E-state index in [4.69, 9.17) is 4.74 Å². The Morgan fingerprint density at radius 2 is 1.93 bits per heavy atom. The third kappa shape index (κ3) is 3.42. The number of hydrogen-bond acceptors (Lipinski definition) is 3. The minimum absolute atomic E-state index is 0. The van der Waals surface area contributed by atoms with Crippen LogP contribution in [0.5, 0.6) is 0 Å². The summed E-state index contributed by atoms with van der Waals surface area (Å²) < 4.78 is 47.5. The van der Waals surface area contributed by atoms with Gasteiger partial charge in [-0.1, -0.05) is 18.2 Å². The molecule has 2 heterocycles. The number of halogens is 3. The van der Waals surface area contributed by atoms with Crippen molar-refractivity contribution in [3.8, 4) is 11.1 Å². The minimum Gasteiger partial charge on any atom is -0.465 e. The van der Waals surface area contributed by atoms with Crippen LogP contribution >= 0.6 is 0 Å². The molecule has 4 rings (SSSR count). The summed E-state index contributed by atoms with van der Waals surface area (Å²) in [7, 11) is 0. The van der Waals surface area contributed by atoms with E-state index in [0.29, 0.717) is 18.6 Å². The molecule has 2 aromatic carbocycles. The molecule has 8 heteroatoms. The van der Waals surface area contributed by atoms with Crippen LogP contribution in [-0.4, -0.2) is 30.7 Å². The van der Waals surface area contributed by atoms with Crippen LogP contribution in [0.4, 0.5) is 13.2 Å². The van der Waals surface area contributed by atoms with Crippen molar-refractivity contribution >= 4 is 5.91 Å². The number of amides is 1. The van der Waals surface area contributed by atoms with Crippen molar-refractivity contribution < 1.29 is 22.7 Å². The van der Waals surface area contributed by atoms with Gasteiger partial charge in [0.15, 0.2) is 0 Å². The van der Waals surface area contributed by atoms with Crippen molar-refractivity contribution in [1.29, 1.82) is 0 Å². The van der Waals surface area contributed by atoms with E-state index in [1.54, 1.807) is 12.1 Å². The Bertz CT molecular complexity index is 875. The quantitative estimate of drug-likeness (QED) is 0.519. The van der Waals surface area contributed by atoms with Crippen LogP contribution in [0.15, 0.2) is 36.4 Å². The van der Waals surface area contributed by atoms with Crippen LogP contribution in [0.2, 0.25) is 0 Å². The summed E-state index contributed by atoms with van der Waals surface area (Å²) in [5, 5.41) is 6.15. The van der Waals surface area contributed by atoms with Crippen LogP contribution in [0.3, 0.4) is 0 Å². The summed E-state index contributed by atoms with van der Waals surface area (Å²) in [6, 6.07) is 7.47. The van der Waals surface area contributed by atoms with Gasteiger partial charge in [0.25, 0.3) is 0 Å². The normalized spacial score (nSPS) is 24.1. The number of morpholine rings is 1. The Balaban J connectivity index is 0.00000225. The van der Waals surface area contributed by atoms with Gasteiger partial charge in [0.2, 0.25) is 5.91 Å². The van der Waals surface area contributed by atoms with E-state index >= 15 is 4.39 Å². The van der Waals surface area contributed by atoms with Crippen LogP contribution in [0.25, 0.3) is 11.1 Å². The number of hydrogen-bond donors (Lipinski definition) is 2. The molecular formula is C20H18CmF3N2O2-. The molecule has 2 N–H and O–H groups in total. The molecule has 2 saturated heterocycles. The van der Waals surface area contributed by atoms with Crippen LogP contribution in [-0.2, 0) is 16.0 Å². The molecule has 0 bridgehead atoms. The van der Waals surface area contributed by atoms with Gasteiger partial charge in [-0.2, -0.15) is 0 Å². The third-order valence-electron chi connectivity index (χ3n) is 5.11. The SMILES string of the molecule is O=C1COC[C@@]2(C[CH-]N[C@H]2Cc2cccc(-c3cc(F)cc(F)c3)c2F)N1.[Cm]. The fraction of sp³-hybridized carbons (Fsp3) is 0.300. The molecule has 150 valence electrons. The Hall–Kier alpha value is -3.38. The van der Waals surface area contributed by atoms with Gasteiger partial charge in [-0.3, -0.25) is 11.3 Å². The van der Waals surface area contributed by atoms with Crippen molar-refractivity contribution in [2.24, 2.45) is 0 Å². The number of nitrogens with one attached hydrogen (secondary N) is 2. The number of ether oxygens (including phenoxy) is 1. The van der Waals surface area contributed by atoms with Crippen molar-refractivity contribution in [2.75, 3.05) is 13.2 Å². The summed E-state index contributed by atoms with van der Waals surface area (Å²) in [5.41, 5.74) is 0.0415. The van der Waals surface area contributed by atoms with E-state index in [-0.39, 0.29) is 36.1 Å². The zero-order chi connectivity index (χ0) is 19.0. The van der Waals surface area contributed by atoms with Gasteiger partial charge < -0.3 is 15.4 Å². The molecule has 1 amide bonds. The molecule has 2 aromatic rings. The average Bonchev–Trinajstić information content (AvgIpc) is 2.97. The molecule has 28 heavy (non-hydrogen) atoms. The van der Waals surface area contributed by atoms with Crippen LogP contribution in [0.1, 0.15) is 12.0 Å². The van der Waals surface area contributed by atoms with Crippen molar-refractivity contribution in [2.45, 2.75) is 24.4 Å². The Morgan fingerprint density at radius 3 is 2.64 bits per heavy atom. The monoisotopic (exact) mass is 618 g/mol. The van der Waals surface area contributed by atoms with Gasteiger partial charge in [-0.25, -0.2) is 13.2 Å². The number of carbonyl (C=O) groups is 1. The summed E-state index contributed by atoms with van der Waals surface area (Å²) in [6.07, 6.45) is 0.859. The van der Waals surface area contributed by atoms with Crippen LogP contribution < -0.4 is 10.6 Å². The Labute approximate surface area is 154 Å². The minimum atomic E-state index is -0.761. The van der Waals surface area contributed by atoms with Gasteiger partial charge >= 0.3 is 0 Å². The molecule has 0 aliphatic carbocycles. The number of benzene rings is 2. The molecule has 2 fully saturated rings. The first-order valence-electron chi connectivity index (χ1n) is 8.67. The van der Waals surface area contributed by atoms with E-state index in [1.165, 1.54) is 6.07 Å². The number of rotatable bonds is 3. The first-order chi connectivity index (χ1) is 13.0. The smallest absolute Gasteiger partial charge is 0.246 e. The summed E-state index contributed by atoms with van der Waals surface area (Å²) >= 11 is 0. The van der Waals surface area contributed by atoms with Gasteiger partial charge in [-0.05, 0) is 29.7 Å². The van der Waals surface area contributed by atoms with E-state index in [0.717, 1.165) is 18.2 Å². The van der Waals surface area contributed by atoms with Crippen molar-refractivity contribution in [3.63, 3.8) is 0 Å². The second kappa shape index (κ2) is 7.32. The predicted molar refractivity (Wildman–Crippen MR) is 93.0 cm³/mol. The van der Waals surface area contributed by atoms with Crippen LogP contribution in [0, 0.1) is 24.0 Å².